The van der Waals surface area contributed by atoms with Gasteiger partial charge in [-0.2, -0.15) is 0 Å². The Morgan fingerprint density at radius 2 is 2.00 bits per heavy atom. The Hall–Kier alpha value is -2.01. The monoisotopic (exact) mass is 290 g/mol. The van der Waals surface area contributed by atoms with Gasteiger partial charge in [0, 0.05) is 10.6 Å². The number of hydrogen-bond donors (Lipinski definition) is 2. The fraction of sp³-hybridized carbons (Fsp3) is 0.267. The van der Waals surface area contributed by atoms with Gasteiger partial charge in [-0.1, -0.05) is 0 Å². The number of hydrogen-bond acceptors (Lipinski definition) is 4. The van der Waals surface area contributed by atoms with E-state index in [1.165, 1.54) is 16.2 Å². The van der Waals surface area contributed by atoms with Gasteiger partial charge in [0.05, 0.1) is 11.4 Å². The number of ether oxygens (including phenoxy) is 1. The van der Waals surface area contributed by atoms with Gasteiger partial charge in [0.15, 0.2) is 0 Å². The molecule has 0 spiro atoms. The lowest BCUT2D eigenvalue weighted by Gasteiger charge is -2.07. The molecule has 0 fully saturated rings. The molecule has 0 aliphatic rings. The molecule has 1 aromatic heterocycles. The number of rotatable bonds is 5. The highest BCUT2D eigenvalue weighted by molar-refractivity contribution is 7.14. The van der Waals surface area contributed by atoms with Gasteiger partial charge < -0.3 is 15.8 Å². The maximum absolute atomic E-state index is 11.9. The van der Waals surface area contributed by atoms with Crippen LogP contribution in [0, 0.1) is 13.8 Å². The van der Waals surface area contributed by atoms with Crippen LogP contribution in [0.15, 0.2) is 30.3 Å². The topological polar surface area (TPSA) is 64.3 Å². The Kier molecular flexibility index (Phi) is 4.63. The van der Waals surface area contributed by atoms with Gasteiger partial charge in [-0.15, -0.1) is 11.3 Å². The molecule has 0 aliphatic heterocycles. The van der Waals surface area contributed by atoms with Crippen molar-refractivity contribution in [1.82, 2.24) is 5.32 Å². The van der Waals surface area contributed by atoms with Crippen molar-refractivity contribution in [3.8, 4) is 5.75 Å². The van der Waals surface area contributed by atoms with Crippen molar-refractivity contribution in [3.63, 3.8) is 0 Å². The number of aryl methyl sites for hydroxylation is 2. The van der Waals surface area contributed by atoms with E-state index >= 15 is 0 Å². The molecule has 3 N–H and O–H groups in total. The molecule has 0 saturated heterocycles. The van der Waals surface area contributed by atoms with E-state index in [4.69, 9.17) is 10.5 Å². The second kappa shape index (κ2) is 6.43. The number of nitrogen functional groups attached to an aromatic ring is 1. The molecule has 0 atom stereocenters. The molecule has 4 nitrogen and oxygen atoms in total. The van der Waals surface area contributed by atoms with Crippen LogP contribution in [0.4, 0.5) is 5.69 Å². The second-order valence-electron chi connectivity index (χ2n) is 4.52. The number of carbonyl (C=O) groups is 1. The van der Waals surface area contributed by atoms with E-state index in [1.54, 1.807) is 12.1 Å². The van der Waals surface area contributed by atoms with E-state index in [2.05, 4.69) is 5.32 Å². The van der Waals surface area contributed by atoms with E-state index in [0.717, 1.165) is 16.2 Å². The van der Waals surface area contributed by atoms with Crippen LogP contribution in [-0.4, -0.2) is 19.1 Å². The molecule has 0 saturated carbocycles. The smallest absolute Gasteiger partial charge is 0.261 e. The second-order valence-corrected chi connectivity index (χ2v) is 5.78. The molecule has 20 heavy (non-hydrogen) atoms. The Morgan fingerprint density at radius 3 is 2.60 bits per heavy atom. The molecule has 1 aromatic carbocycles. The molecule has 0 radical (unpaired) electrons. The molecule has 106 valence electrons. The van der Waals surface area contributed by atoms with E-state index in [0.29, 0.717) is 18.8 Å². The molecular formula is C15H18N2O2S. The first-order valence-corrected chi connectivity index (χ1v) is 7.21. The van der Waals surface area contributed by atoms with Crippen LogP contribution in [0.3, 0.4) is 0 Å². The van der Waals surface area contributed by atoms with E-state index < -0.39 is 0 Å². The van der Waals surface area contributed by atoms with Crippen molar-refractivity contribution in [2.45, 2.75) is 13.8 Å². The lowest BCUT2D eigenvalue weighted by atomic mass is 10.3. The third-order valence-corrected chi connectivity index (χ3v) is 4.08. The maximum atomic E-state index is 11.9. The summed E-state index contributed by atoms with van der Waals surface area (Å²) in [4.78, 5) is 13.8. The van der Waals surface area contributed by atoms with Crippen molar-refractivity contribution >= 4 is 22.9 Å². The number of nitrogens with one attached hydrogen (secondary N) is 1. The molecule has 2 aromatic rings. The molecular weight excluding hydrogens is 272 g/mol. The number of amides is 1. The summed E-state index contributed by atoms with van der Waals surface area (Å²) in [7, 11) is 0. The highest BCUT2D eigenvalue weighted by Crippen LogP contribution is 2.20. The predicted molar refractivity (Wildman–Crippen MR) is 82.5 cm³/mol. The highest BCUT2D eigenvalue weighted by atomic mass is 32.1. The lowest BCUT2D eigenvalue weighted by Crippen LogP contribution is -2.27. The maximum Gasteiger partial charge on any atom is 0.261 e. The number of anilines is 1. The zero-order valence-corrected chi connectivity index (χ0v) is 12.4. The number of benzene rings is 1. The van der Waals surface area contributed by atoms with Crippen molar-refractivity contribution in [2.75, 3.05) is 18.9 Å². The van der Waals surface area contributed by atoms with Crippen molar-refractivity contribution < 1.29 is 9.53 Å². The van der Waals surface area contributed by atoms with Gasteiger partial charge in [-0.3, -0.25) is 4.79 Å². The Balaban J connectivity index is 1.75. The fourth-order valence-corrected chi connectivity index (χ4v) is 2.62. The predicted octanol–water partition coefficient (Wildman–Crippen LogP) is 2.76. The molecule has 0 bridgehead atoms. The highest BCUT2D eigenvalue weighted by Gasteiger charge is 2.09. The summed E-state index contributed by atoms with van der Waals surface area (Å²) in [6.45, 7) is 4.92. The molecule has 0 unspecified atom stereocenters. The molecule has 2 rings (SSSR count). The minimum Gasteiger partial charge on any atom is -0.492 e. The van der Waals surface area contributed by atoms with Crippen LogP contribution >= 0.6 is 11.3 Å². The average molecular weight is 290 g/mol. The summed E-state index contributed by atoms with van der Waals surface area (Å²) in [5.41, 5.74) is 7.44. The largest absolute Gasteiger partial charge is 0.492 e. The Labute approximate surface area is 122 Å². The van der Waals surface area contributed by atoms with E-state index in [1.807, 2.05) is 32.0 Å². The van der Waals surface area contributed by atoms with E-state index in [-0.39, 0.29) is 5.91 Å². The first-order chi connectivity index (χ1) is 9.56. The van der Waals surface area contributed by atoms with Crippen molar-refractivity contribution in [1.29, 1.82) is 0 Å². The summed E-state index contributed by atoms with van der Waals surface area (Å²) in [6.07, 6.45) is 0. The van der Waals surface area contributed by atoms with Crippen molar-refractivity contribution in [2.24, 2.45) is 0 Å². The van der Waals surface area contributed by atoms with Crippen LogP contribution in [0.2, 0.25) is 0 Å². The van der Waals surface area contributed by atoms with Crippen LogP contribution < -0.4 is 15.8 Å². The Morgan fingerprint density at radius 1 is 1.30 bits per heavy atom. The average Bonchev–Trinajstić information content (AvgIpc) is 2.77. The molecule has 1 amide bonds. The van der Waals surface area contributed by atoms with Crippen LogP contribution in [0.1, 0.15) is 20.1 Å². The quantitative estimate of drug-likeness (QED) is 0.657. The standard InChI is InChI=1S/C15H18N2O2S/c1-10-9-14(20-11(10)2)15(18)17-7-8-19-13-5-3-12(16)4-6-13/h3-6,9H,7-8,16H2,1-2H3,(H,17,18). The van der Waals surface area contributed by atoms with Gasteiger partial charge in [-0.05, 0) is 49.7 Å². The third kappa shape index (κ3) is 3.74. The summed E-state index contributed by atoms with van der Waals surface area (Å²) < 4.78 is 5.51. The van der Waals surface area contributed by atoms with Crippen LogP contribution in [0.25, 0.3) is 0 Å². The molecule has 1 heterocycles. The van der Waals surface area contributed by atoms with Gasteiger partial charge >= 0.3 is 0 Å². The first-order valence-electron chi connectivity index (χ1n) is 6.40. The fourth-order valence-electron chi connectivity index (χ4n) is 1.67. The van der Waals surface area contributed by atoms with Gasteiger partial charge in [0.25, 0.3) is 5.91 Å². The lowest BCUT2D eigenvalue weighted by molar-refractivity contribution is 0.0951. The zero-order valence-electron chi connectivity index (χ0n) is 11.6. The summed E-state index contributed by atoms with van der Waals surface area (Å²) in [6, 6.07) is 9.10. The first kappa shape index (κ1) is 14.4. The minimum atomic E-state index is -0.0490. The summed E-state index contributed by atoms with van der Waals surface area (Å²) >= 11 is 1.51. The van der Waals surface area contributed by atoms with Crippen molar-refractivity contribution in [3.05, 3.63) is 45.6 Å². The van der Waals surface area contributed by atoms with Crippen LogP contribution in [-0.2, 0) is 0 Å². The van der Waals surface area contributed by atoms with Crippen LogP contribution in [0.5, 0.6) is 5.75 Å². The number of thiophene rings is 1. The van der Waals surface area contributed by atoms with E-state index in [9.17, 15) is 4.79 Å². The summed E-state index contributed by atoms with van der Waals surface area (Å²) in [5, 5.41) is 2.84. The van der Waals surface area contributed by atoms with Gasteiger partial charge in [-0.25, -0.2) is 0 Å². The zero-order chi connectivity index (χ0) is 14.5. The van der Waals surface area contributed by atoms with Gasteiger partial charge in [0.1, 0.15) is 12.4 Å². The number of carbonyl (C=O) groups excluding carboxylic acids is 1. The summed E-state index contributed by atoms with van der Waals surface area (Å²) in [5.74, 6) is 0.698. The normalized spacial score (nSPS) is 10.3. The molecule has 5 heteroatoms. The SMILES string of the molecule is Cc1cc(C(=O)NCCOc2ccc(N)cc2)sc1C. The number of nitrogens with two attached hydrogens (primary N) is 1. The molecule has 0 aliphatic carbocycles. The minimum absolute atomic E-state index is 0.0490. The third-order valence-electron chi connectivity index (χ3n) is 2.93. The Bertz CT molecular complexity index is 571. The van der Waals surface area contributed by atoms with Gasteiger partial charge in [0.2, 0.25) is 0 Å².